The first kappa shape index (κ1) is 18.1. The molecule has 1 saturated heterocycles. The molecule has 0 aromatic carbocycles. The molecule has 0 aromatic rings. The second kappa shape index (κ2) is 6.02. The molecule has 0 saturated carbocycles. The fourth-order valence-corrected chi connectivity index (χ4v) is 2.96. The third-order valence-corrected chi connectivity index (χ3v) is 8.70. The van der Waals surface area contributed by atoms with Crippen LogP contribution in [0, 0.1) is 0 Å². The van der Waals surface area contributed by atoms with Crippen LogP contribution in [0.2, 0.25) is 18.1 Å². The van der Waals surface area contributed by atoms with Crippen molar-refractivity contribution >= 4 is 8.32 Å². The van der Waals surface area contributed by atoms with E-state index in [0.29, 0.717) is 0 Å². The summed E-state index contributed by atoms with van der Waals surface area (Å²) in [6.45, 7) is 14.3. The highest BCUT2D eigenvalue weighted by Gasteiger charge is 2.45. The van der Waals surface area contributed by atoms with Crippen molar-refractivity contribution < 1.29 is 24.1 Å². The Morgan fingerprint density at radius 1 is 1.25 bits per heavy atom. The molecule has 5 nitrogen and oxygen atoms in total. The zero-order valence-electron chi connectivity index (χ0n) is 13.8. The van der Waals surface area contributed by atoms with E-state index in [1.54, 1.807) is 13.8 Å². The summed E-state index contributed by atoms with van der Waals surface area (Å²) >= 11 is 0. The Bertz CT molecular complexity index is 324. The van der Waals surface area contributed by atoms with E-state index in [1.807, 2.05) is 0 Å². The molecule has 0 unspecified atom stereocenters. The molecular weight excluding hydrogens is 276 g/mol. The normalized spacial score (nSPS) is 28.6. The van der Waals surface area contributed by atoms with Crippen molar-refractivity contribution in [3.05, 3.63) is 0 Å². The molecular formula is C14H30O5Si. The first-order chi connectivity index (χ1) is 8.89. The molecule has 0 amide bonds. The molecule has 2 N–H and O–H groups in total. The highest BCUT2D eigenvalue weighted by molar-refractivity contribution is 6.74. The van der Waals surface area contributed by atoms with Gasteiger partial charge in [-0.1, -0.05) is 20.8 Å². The molecule has 1 fully saturated rings. The summed E-state index contributed by atoms with van der Waals surface area (Å²) in [6, 6.07) is 0. The number of ether oxygens (including phenoxy) is 2. The minimum Gasteiger partial charge on any atom is -0.414 e. The van der Waals surface area contributed by atoms with Crippen molar-refractivity contribution in [3.8, 4) is 0 Å². The SMILES string of the molecule is CC1(C)O[C@@H]([C@@H](O)CO[Si](C)(C)C(C)(C)C)[C@@H](CO)O1. The molecule has 1 aliphatic rings. The van der Waals surface area contributed by atoms with Crippen molar-refractivity contribution in [1.82, 2.24) is 0 Å². The van der Waals surface area contributed by atoms with Crippen LogP contribution in [0.5, 0.6) is 0 Å². The molecule has 0 bridgehead atoms. The predicted octanol–water partition coefficient (Wildman–Crippen LogP) is 1.88. The van der Waals surface area contributed by atoms with Gasteiger partial charge in [0.05, 0.1) is 13.2 Å². The van der Waals surface area contributed by atoms with Crippen LogP contribution in [0.15, 0.2) is 0 Å². The largest absolute Gasteiger partial charge is 0.414 e. The summed E-state index contributed by atoms with van der Waals surface area (Å²) in [5.41, 5.74) is 0. The molecule has 0 radical (unpaired) electrons. The maximum atomic E-state index is 10.3. The number of rotatable bonds is 5. The van der Waals surface area contributed by atoms with Crippen LogP contribution in [0.3, 0.4) is 0 Å². The molecule has 20 heavy (non-hydrogen) atoms. The van der Waals surface area contributed by atoms with Crippen LogP contribution in [0.25, 0.3) is 0 Å². The molecule has 0 spiro atoms. The van der Waals surface area contributed by atoms with E-state index in [-0.39, 0.29) is 18.3 Å². The third-order valence-electron chi connectivity index (χ3n) is 4.20. The van der Waals surface area contributed by atoms with E-state index < -0.39 is 32.4 Å². The minimum atomic E-state index is -1.91. The van der Waals surface area contributed by atoms with Crippen molar-refractivity contribution in [3.63, 3.8) is 0 Å². The van der Waals surface area contributed by atoms with Gasteiger partial charge >= 0.3 is 0 Å². The second-order valence-electron chi connectivity index (χ2n) is 7.46. The fraction of sp³-hybridized carbons (Fsp3) is 1.00. The van der Waals surface area contributed by atoms with E-state index in [1.165, 1.54) is 0 Å². The third kappa shape index (κ3) is 4.25. The molecule has 0 aliphatic carbocycles. The van der Waals surface area contributed by atoms with Crippen LogP contribution >= 0.6 is 0 Å². The summed E-state index contributed by atoms with van der Waals surface area (Å²) in [4.78, 5) is 0. The summed E-state index contributed by atoms with van der Waals surface area (Å²) < 4.78 is 17.2. The standard InChI is InChI=1S/C14H30O5Si/c1-13(2,3)20(6,7)17-9-10(16)12-11(8-15)18-14(4,5)19-12/h10-12,15-16H,8-9H2,1-7H3/t10-,11+,12-/m0/s1. The molecule has 1 heterocycles. The first-order valence-electron chi connectivity index (χ1n) is 7.18. The van der Waals surface area contributed by atoms with Gasteiger partial charge in [0.2, 0.25) is 0 Å². The molecule has 120 valence electrons. The van der Waals surface area contributed by atoms with Gasteiger partial charge in [0.15, 0.2) is 14.1 Å². The molecule has 0 aromatic heterocycles. The van der Waals surface area contributed by atoms with Gasteiger partial charge in [0, 0.05) is 0 Å². The second-order valence-corrected chi connectivity index (χ2v) is 12.3. The highest BCUT2D eigenvalue weighted by Crippen LogP contribution is 2.37. The Balaban J connectivity index is 2.61. The predicted molar refractivity (Wildman–Crippen MR) is 80.1 cm³/mol. The molecule has 1 aliphatic heterocycles. The quantitative estimate of drug-likeness (QED) is 0.759. The Morgan fingerprint density at radius 3 is 2.25 bits per heavy atom. The fourth-order valence-electron chi connectivity index (χ4n) is 1.94. The van der Waals surface area contributed by atoms with Crippen molar-refractivity contribution in [2.75, 3.05) is 13.2 Å². The van der Waals surface area contributed by atoms with E-state index in [2.05, 4.69) is 33.9 Å². The van der Waals surface area contributed by atoms with Crippen LogP contribution in [0.1, 0.15) is 34.6 Å². The van der Waals surface area contributed by atoms with Gasteiger partial charge < -0.3 is 24.1 Å². The van der Waals surface area contributed by atoms with Crippen LogP contribution in [-0.2, 0) is 13.9 Å². The summed E-state index contributed by atoms with van der Waals surface area (Å²) in [5.74, 6) is -0.782. The number of hydrogen-bond acceptors (Lipinski definition) is 5. The van der Waals surface area contributed by atoms with Crippen LogP contribution in [0.4, 0.5) is 0 Å². The Morgan fingerprint density at radius 2 is 1.80 bits per heavy atom. The van der Waals surface area contributed by atoms with Crippen molar-refractivity contribution in [2.45, 2.75) is 76.8 Å². The minimum absolute atomic E-state index is 0.0927. The summed E-state index contributed by atoms with van der Waals surface area (Å²) in [7, 11) is -1.91. The highest BCUT2D eigenvalue weighted by atomic mass is 28.4. The topological polar surface area (TPSA) is 68.2 Å². The molecule has 3 atom stereocenters. The lowest BCUT2D eigenvalue weighted by molar-refractivity contribution is -0.158. The van der Waals surface area contributed by atoms with Crippen molar-refractivity contribution in [1.29, 1.82) is 0 Å². The summed E-state index contributed by atoms with van der Waals surface area (Å²) in [5, 5.41) is 19.7. The smallest absolute Gasteiger partial charge is 0.192 e. The van der Waals surface area contributed by atoms with E-state index >= 15 is 0 Å². The Labute approximate surface area is 123 Å². The van der Waals surface area contributed by atoms with E-state index in [0.717, 1.165) is 0 Å². The van der Waals surface area contributed by atoms with Crippen molar-refractivity contribution in [2.24, 2.45) is 0 Å². The molecule has 6 heteroatoms. The lowest BCUT2D eigenvalue weighted by atomic mass is 10.1. The van der Waals surface area contributed by atoms with E-state index in [4.69, 9.17) is 13.9 Å². The van der Waals surface area contributed by atoms with Gasteiger partial charge in [0.25, 0.3) is 0 Å². The van der Waals surface area contributed by atoms with Gasteiger partial charge in [-0.25, -0.2) is 0 Å². The monoisotopic (exact) mass is 306 g/mol. The van der Waals surface area contributed by atoms with Gasteiger partial charge in [-0.05, 0) is 32.0 Å². The Hall–Kier alpha value is 0.0169. The van der Waals surface area contributed by atoms with Gasteiger partial charge in [0.1, 0.15) is 18.3 Å². The first-order valence-corrected chi connectivity index (χ1v) is 10.1. The van der Waals surface area contributed by atoms with Crippen LogP contribution in [-0.4, -0.2) is 55.8 Å². The number of aliphatic hydroxyl groups is 2. The van der Waals surface area contributed by atoms with Crippen LogP contribution < -0.4 is 0 Å². The molecule has 1 rings (SSSR count). The van der Waals surface area contributed by atoms with Gasteiger partial charge in [-0.3, -0.25) is 0 Å². The lowest BCUT2D eigenvalue weighted by Crippen LogP contribution is -2.46. The zero-order chi connectivity index (χ0) is 15.8. The average Bonchev–Trinajstić information content (AvgIpc) is 2.60. The maximum absolute atomic E-state index is 10.3. The Kier molecular flexibility index (Phi) is 5.44. The van der Waals surface area contributed by atoms with E-state index in [9.17, 15) is 10.2 Å². The number of aliphatic hydroxyl groups excluding tert-OH is 2. The average molecular weight is 306 g/mol. The maximum Gasteiger partial charge on any atom is 0.192 e. The van der Waals surface area contributed by atoms with Gasteiger partial charge in [-0.15, -0.1) is 0 Å². The zero-order valence-corrected chi connectivity index (χ0v) is 14.8. The lowest BCUT2D eigenvalue weighted by Gasteiger charge is -2.37. The van der Waals surface area contributed by atoms with Gasteiger partial charge in [-0.2, -0.15) is 0 Å². The summed E-state index contributed by atoms with van der Waals surface area (Å²) in [6.07, 6.45) is -1.87. The number of hydrogen-bond donors (Lipinski definition) is 2.